The average molecular weight is 845 g/mol. The van der Waals surface area contributed by atoms with E-state index >= 15 is 0 Å². The molecule has 0 spiro atoms. The summed E-state index contributed by atoms with van der Waals surface area (Å²) >= 11 is 0. The van der Waals surface area contributed by atoms with Crippen molar-refractivity contribution in [2.75, 3.05) is 27.3 Å². The number of aliphatic hydroxyl groups is 1. The van der Waals surface area contributed by atoms with E-state index in [0.717, 1.165) is 12.0 Å². The summed E-state index contributed by atoms with van der Waals surface area (Å²) in [7, 11) is 2.85. The quantitative estimate of drug-likeness (QED) is 0.0593. The van der Waals surface area contributed by atoms with Crippen LogP contribution in [0.2, 0.25) is 0 Å². The molecule has 13 nitrogen and oxygen atoms in total. The molecule has 332 valence electrons. The predicted molar refractivity (Wildman–Crippen MR) is 234 cm³/mol. The van der Waals surface area contributed by atoms with Crippen LogP contribution in [0, 0.1) is 0 Å². The monoisotopic (exact) mass is 844 g/mol. The summed E-state index contributed by atoms with van der Waals surface area (Å²) in [6.07, 6.45) is -1.15. The average Bonchev–Trinajstić information content (AvgIpc) is 3.21. The third-order valence-electron chi connectivity index (χ3n) is 8.36. The summed E-state index contributed by atoms with van der Waals surface area (Å²) in [5, 5.41) is 23.8. The van der Waals surface area contributed by atoms with Crippen molar-refractivity contribution < 1.29 is 53.1 Å². The lowest BCUT2D eigenvalue weighted by Crippen LogP contribution is -2.39. The SMILES string of the molecule is CC(C)(C)OC(=O)NC[C@@H](O)CCc1ccccc1.CO[C@H](C(=O)O)c1ccccc1.CO[C@H](C(=O)OC(CCc1ccccc1)CNC(=O)OC(C)(C)C)c1ccccc1. The summed E-state index contributed by atoms with van der Waals surface area (Å²) in [5.74, 6) is -1.46. The zero-order valence-electron chi connectivity index (χ0n) is 36.7. The van der Waals surface area contributed by atoms with Gasteiger partial charge in [0.25, 0.3) is 0 Å². The number of hydrogen-bond acceptors (Lipinski definition) is 10. The minimum absolute atomic E-state index is 0.151. The van der Waals surface area contributed by atoms with E-state index in [9.17, 15) is 24.3 Å². The third kappa shape index (κ3) is 23.0. The number of carbonyl (C=O) groups excluding carboxylic acids is 3. The number of aryl methyl sites for hydroxylation is 2. The first kappa shape index (κ1) is 51.4. The Hall–Kier alpha value is -5.76. The first-order valence-corrected chi connectivity index (χ1v) is 20.2. The van der Waals surface area contributed by atoms with Gasteiger partial charge < -0.3 is 44.5 Å². The fourth-order valence-electron chi connectivity index (χ4n) is 5.51. The van der Waals surface area contributed by atoms with Gasteiger partial charge in [0.1, 0.15) is 17.3 Å². The highest BCUT2D eigenvalue weighted by molar-refractivity contribution is 5.77. The third-order valence-corrected chi connectivity index (χ3v) is 8.36. The number of nitrogens with one attached hydrogen (secondary N) is 2. The molecule has 0 aromatic heterocycles. The molecule has 61 heavy (non-hydrogen) atoms. The summed E-state index contributed by atoms with van der Waals surface area (Å²) in [6, 6.07) is 37.9. The topological polar surface area (TPSA) is 179 Å². The van der Waals surface area contributed by atoms with Crippen molar-refractivity contribution in [3.8, 4) is 0 Å². The number of carboxylic acids is 1. The standard InChI is InChI=1S/C24H31NO5.C15H23NO3.C9H10O3/c1-24(2,3)30-23(27)25-17-20(16-15-18-11-7-5-8-12-18)29-22(26)21(28-4)19-13-9-6-10-14-19;1-15(2,3)19-14(18)16-11-13(17)10-9-12-7-5-4-6-8-12;1-12-8(9(10)11)7-5-3-2-4-6-7/h5-14,20-21H,15-17H2,1-4H3,(H,25,27);4-8,13,17H,9-11H2,1-3H3,(H,16,18);2-6,8H,1H3,(H,10,11)/t20?,21-;13-;8-/m000/s1. The number of carbonyl (C=O) groups is 4. The molecule has 1 unspecified atom stereocenters. The van der Waals surface area contributed by atoms with E-state index in [4.69, 9.17) is 28.8 Å². The first-order valence-electron chi connectivity index (χ1n) is 20.2. The Morgan fingerprint density at radius 2 is 0.934 bits per heavy atom. The first-order chi connectivity index (χ1) is 28.9. The lowest BCUT2D eigenvalue weighted by atomic mass is 10.1. The molecule has 4 rings (SSSR count). The van der Waals surface area contributed by atoms with E-state index < -0.39 is 59.7 Å². The van der Waals surface area contributed by atoms with Crippen LogP contribution in [0.1, 0.15) is 88.8 Å². The largest absolute Gasteiger partial charge is 0.479 e. The smallest absolute Gasteiger partial charge is 0.407 e. The molecule has 4 N–H and O–H groups in total. The van der Waals surface area contributed by atoms with Gasteiger partial charge in [-0.05, 0) is 89.5 Å². The fraction of sp³-hybridized carbons (Fsp3) is 0.417. The summed E-state index contributed by atoms with van der Waals surface area (Å²) in [4.78, 5) is 46.8. The van der Waals surface area contributed by atoms with Crippen LogP contribution in [-0.2, 0) is 46.1 Å². The van der Waals surface area contributed by atoms with Crippen LogP contribution in [0.15, 0.2) is 121 Å². The molecule has 0 fully saturated rings. The lowest BCUT2D eigenvalue weighted by molar-refractivity contribution is -0.161. The summed E-state index contributed by atoms with van der Waals surface area (Å²) < 4.78 is 26.3. The van der Waals surface area contributed by atoms with Gasteiger partial charge >= 0.3 is 24.1 Å². The molecule has 4 aromatic carbocycles. The Balaban J connectivity index is 0.000000351. The molecule has 0 heterocycles. The van der Waals surface area contributed by atoms with Gasteiger partial charge in [-0.25, -0.2) is 19.2 Å². The predicted octanol–water partition coefficient (Wildman–Crippen LogP) is 8.41. The van der Waals surface area contributed by atoms with Crippen LogP contribution in [0.4, 0.5) is 9.59 Å². The number of hydrogen-bond donors (Lipinski definition) is 4. The maximum atomic E-state index is 12.8. The number of aliphatic hydroxyl groups excluding tert-OH is 1. The lowest BCUT2D eigenvalue weighted by Gasteiger charge is -2.24. The van der Waals surface area contributed by atoms with Crippen molar-refractivity contribution in [3.63, 3.8) is 0 Å². The molecular weight excluding hydrogens is 781 g/mol. The highest BCUT2D eigenvalue weighted by Gasteiger charge is 2.26. The highest BCUT2D eigenvalue weighted by Crippen LogP contribution is 2.20. The minimum atomic E-state index is -0.969. The molecule has 0 saturated heterocycles. The van der Waals surface area contributed by atoms with E-state index in [1.54, 1.807) is 65.8 Å². The van der Waals surface area contributed by atoms with Gasteiger partial charge in [0.2, 0.25) is 0 Å². The van der Waals surface area contributed by atoms with Gasteiger partial charge in [0.05, 0.1) is 12.6 Å². The van der Waals surface area contributed by atoms with Crippen molar-refractivity contribution in [2.45, 2.75) is 103 Å². The van der Waals surface area contributed by atoms with Crippen molar-refractivity contribution in [3.05, 3.63) is 144 Å². The van der Waals surface area contributed by atoms with Crippen molar-refractivity contribution in [1.29, 1.82) is 0 Å². The highest BCUT2D eigenvalue weighted by atomic mass is 16.6. The van der Waals surface area contributed by atoms with Crippen molar-refractivity contribution in [2.24, 2.45) is 0 Å². The Kier molecular flexibility index (Phi) is 22.9. The Morgan fingerprint density at radius 3 is 1.33 bits per heavy atom. The second kappa shape index (κ2) is 27.2. The van der Waals surface area contributed by atoms with E-state index in [1.165, 1.54) is 19.8 Å². The van der Waals surface area contributed by atoms with Crippen LogP contribution in [0.3, 0.4) is 0 Å². The summed E-state index contributed by atoms with van der Waals surface area (Å²) in [5.41, 5.74) is 2.56. The molecule has 0 aliphatic rings. The number of aliphatic carboxylic acids is 1. The van der Waals surface area contributed by atoms with E-state index in [0.29, 0.717) is 30.4 Å². The molecule has 4 atom stereocenters. The van der Waals surface area contributed by atoms with Crippen LogP contribution < -0.4 is 10.6 Å². The Bertz CT molecular complexity index is 1830. The molecule has 4 aromatic rings. The number of methoxy groups -OCH3 is 2. The Morgan fingerprint density at radius 1 is 0.557 bits per heavy atom. The zero-order chi connectivity index (χ0) is 45.3. The maximum Gasteiger partial charge on any atom is 0.407 e. The van der Waals surface area contributed by atoms with E-state index in [2.05, 4.69) is 10.6 Å². The Labute approximate surface area is 360 Å². The molecule has 0 radical (unpaired) electrons. The van der Waals surface area contributed by atoms with Gasteiger partial charge in [-0.1, -0.05) is 121 Å². The van der Waals surface area contributed by atoms with Crippen molar-refractivity contribution in [1.82, 2.24) is 10.6 Å². The second-order valence-corrected chi connectivity index (χ2v) is 15.9. The molecule has 2 amide bonds. The maximum absolute atomic E-state index is 12.8. The van der Waals surface area contributed by atoms with Crippen LogP contribution in [-0.4, -0.2) is 85.1 Å². The molecule has 0 saturated carbocycles. The molecule has 0 aliphatic heterocycles. The number of ether oxygens (including phenoxy) is 5. The number of alkyl carbamates (subject to hydrolysis) is 2. The number of benzene rings is 4. The minimum Gasteiger partial charge on any atom is -0.479 e. The summed E-state index contributed by atoms with van der Waals surface area (Å²) in [6.45, 7) is 11.2. The van der Waals surface area contributed by atoms with Gasteiger partial charge in [-0.2, -0.15) is 0 Å². The fourth-order valence-corrected chi connectivity index (χ4v) is 5.51. The molecular formula is C48H64N2O11. The van der Waals surface area contributed by atoms with Crippen LogP contribution in [0.25, 0.3) is 0 Å². The van der Waals surface area contributed by atoms with Crippen molar-refractivity contribution >= 4 is 24.1 Å². The van der Waals surface area contributed by atoms with Gasteiger partial charge in [0, 0.05) is 20.8 Å². The van der Waals surface area contributed by atoms with Gasteiger partial charge in [-0.3, -0.25) is 0 Å². The van der Waals surface area contributed by atoms with Crippen LogP contribution in [0.5, 0.6) is 0 Å². The van der Waals surface area contributed by atoms with Gasteiger partial charge in [0.15, 0.2) is 12.2 Å². The van der Waals surface area contributed by atoms with Gasteiger partial charge in [-0.15, -0.1) is 0 Å². The van der Waals surface area contributed by atoms with E-state index in [-0.39, 0.29) is 13.1 Å². The zero-order valence-corrected chi connectivity index (χ0v) is 36.7. The normalized spacial score (nSPS) is 12.9. The number of carboxylic acid groups (broad SMARTS) is 1. The molecule has 13 heteroatoms. The molecule has 0 bridgehead atoms. The number of rotatable bonds is 17. The second-order valence-electron chi connectivity index (χ2n) is 15.9. The van der Waals surface area contributed by atoms with E-state index in [1.807, 2.05) is 97.1 Å². The molecule has 0 aliphatic carbocycles. The number of amides is 2. The van der Waals surface area contributed by atoms with Crippen LogP contribution >= 0.6 is 0 Å². The number of esters is 1.